The summed E-state index contributed by atoms with van der Waals surface area (Å²) in [6.07, 6.45) is 0. The molecule has 0 saturated carbocycles. The van der Waals surface area contributed by atoms with Gasteiger partial charge in [-0.15, -0.1) is 0 Å². The average molecular weight is 338 g/mol. The van der Waals surface area contributed by atoms with Crippen LogP contribution < -0.4 is 14.8 Å². The number of amides is 1. The Bertz CT molecular complexity index is 791. The summed E-state index contributed by atoms with van der Waals surface area (Å²) in [6, 6.07) is 10.9. The van der Waals surface area contributed by atoms with Crippen LogP contribution in [0.3, 0.4) is 0 Å². The Balaban J connectivity index is 2.11. The monoisotopic (exact) mass is 338 g/mol. The van der Waals surface area contributed by atoms with Crippen LogP contribution in [0.25, 0.3) is 0 Å². The summed E-state index contributed by atoms with van der Waals surface area (Å²) in [6.45, 7) is -0.171. The first kappa shape index (κ1) is 16.8. The maximum absolute atomic E-state index is 13.5. The van der Waals surface area contributed by atoms with E-state index in [1.165, 1.54) is 49.5 Å². The van der Waals surface area contributed by atoms with Crippen molar-refractivity contribution in [3.05, 3.63) is 54.3 Å². The number of hydrogen-bond acceptors (Lipinski definition) is 4. The molecule has 0 atom stereocenters. The fourth-order valence-electron chi connectivity index (χ4n) is 1.68. The molecule has 2 aromatic carbocycles. The first-order valence-corrected chi connectivity index (χ1v) is 8.11. The molecular formula is C15H15FN2O4S. The van der Waals surface area contributed by atoms with Gasteiger partial charge in [-0.2, -0.15) is 0 Å². The maximum Gasteiger partial charge on any atom is 0.261 e. The third-order valence-electron chi connectivity index (χ3n) is 2.90. The van der Waals surface area contributed by atoms with E-state index >= 15 is 0 Å². The lowest BCUT2D eigenvalue weighted by Gasteiger charge is -2.10. The van der Waals surface area contributed by atoms with Gasteiger partial charge in [0.1, 0.15) is 11.6 Å². The first-order chi connectivity index (χ1) is 10.9. The summed E-state index contributed by atoms with van der Waals surface area (Å²) in [4.78, 5) is 11.0. The molecule has 122 valence electrons. The molecule has 2 rings (SSSR count). The van der Waals surface area contributed by atoms with E-state index in [-0.39, 0.29) is 23.1 Å². The molecule has 2 N–H and O–H groups in total. The van der Waals surface area contributed by atoms with Crippen LogP contribution in [0.4, 0.5) is 10.1 Å². The number of anilines is 1. The van der Waals surface area contributed by atoms with Gasteiger partial charge in [-0.25, -0.2) is 12.8 Å². The largest absolute Gasteiger partial charge is 0.484 e. The second-order valence-electron chi connectivity index (χ2n) is 4.52. The van der Waals surface area contributed by atoms with Gasteiger partial charge in [0.2, 0.25) is 0 Å². The van der Waals surface area contributed by atoms with Crippen molar-refractivity contribution < 1.29 is 22.3 Å². The molecule has 0 heterocycles. The van der Waals surface area contributed by atoms with Gasteiger partial charge < -0.3 is 10.1 Å². The molecule has 1 amide bonds. The topological polar surface area (TPSA) is 84.5 Å². The third-order valence-corrected chi connectivity index (χ3v) is 4.28. The molecule has 0 bridgehead atoms. The van der Waals surface area contributed by atoms with Crippen molar-refractivity contribution in [2.24, 2.45) is 0 Å². The fourth-order valence-corrected chi connectivity index (χ4v) is 2.75. The van der Waals surface area contributed by atoms with Crippen LogP contribution in [0.5, 0.6) is 5.75 Å². The van der Waals surface area contributed by atoms with E-state index in [0.29, 0.717) is 5.75 Å². The molecule has 8 heteroatoms. The number of benzene rings is 2. The number of ether oxygens (including phenoxy) is 1. The summed E-state index contributed by atoms with van der Waals surface area (Å²) < 4.78 is 45.3. The third kappa shape index (κ3) is 4.43. The zero-order valence-electron chi connectivity index (χ0n) is 12.2. The van der Waals surface area contributed by atoms with Gasteiger partial charge in [0.25, 0.3) is 15.9 Å². The van der Waals surface area contributed by atoms with Crippen molar-refractivity contribution in [3.8, 4) is 5.75 Å². The lowest BCUT2D eigenvalue weighted by atomic mass is 10.3. The molecule has 0 unspecified atom stereocenters. The van der Waals surface area contributed by atoms with Crippen LogP contribution in [-0.4, -0.2) is 28.0 Å². The predicted molar refractivity (Wildman–Crippen MR) is 83.2 cm³/mol. The number of carbonyl (C=O) groups is 1. The number of rotatable bonds is 6. The Kier molecular flexibility index (Phi) is 5.17. The van der Waals surface area contributed by atoms with Crippen molar-refractivity contribution in [3.63, 3.8) is 0 Å². The van der Waals surface area contributed by atoms with E-state index in [4.69, 9.17) is 4.74 Å². The highest BCUT2D eigenvalue weighted by Crippen LogP contribution is 2.20. The first-order valence-electron chi connectivity index (χ1n) is 6.63. The molecule has 0 radical (unpaired) electrons. The van der Waals surface area contributed by atoms with E-state index in [1.54, 1.807) is 0 Å². The van der Waals surface area contributed by atoms with Crippen LogP contribution in [0, 0.1) is 5.82 Å². The van der Waals surface area contributed by atoms with Gasteiger partial charge in [0, 0.05) is 7.05 Å². The zero-order valence-corrected chi connectivity index (χ0v) is 13.1. The average Bonchev–Trinajstić information content (AvgIpc) is 2.55. The van der Waals surface area contributed by atoms with Crippen LogP contribution in [-0.2, 0) is 14.8 Å². The molecule has 6 nitrogen and oxygen atoms in total. The lowest BCUT2D eigenvalue weighted by molar-refractivity contribution is -0.122. The Morgan fingerprint density at radius 3 is 2.39 bits per heavy atom. The van der Waals surface area contributed by atoms with E-state index in [2.05, 4.69) is 10.0 Å². The van der Waals surface area contributed by atoms with Crippen molar-refractivity contribution in [2.75, 3.05) is 18.4 Å². The highest BCUT2D eigenvalue weighted by atomic mass is 32.2. The second kappa shape index (κ2) is 7.10. The zero-order chi connectivity index (χ0) is 16.9. The van der Waals surface area contributed by atoms with E-state index < -0.39 is 15.8 Å². The van der Waals surface area contributed by atoms with Gasteiger partial charge >= 0.3 is 0 Å². The standard InChI is InChI=1S/C15H15FN2O4S/c1-17-15(19)10-22-11-6-8-12(9-7-11)23(20,21)18-14-5-3-2-4-13(14)16/h2-9,18H,10H2,1H3,(H,17,19). The number of hydrogen-bond donors (Lipinski definition) is 2. The number of sulfonamides is 1. The van der Waals surface area contributed by atoms with Crippen molar-refractivity contribution in [2.45, 2.75) is 4.90 Å². The minimum Gasteiger partial charge on any atom is -0.484 e. The molecule has 0 spiro atoms. The van der Waals surface area contributed by atoms with Gasteiger partial charge in [0.15, 0.2) is 6.61 Å². The Hall–Kier alpha value is -2.61. The SMILES string of the molecule is CNC(=O)COc1ccc(S(=O)(=O)Nc2ccccc2F)cc1. The summed E-state index contributed by atoms with van der Waals surface area (Å²) >= 11 is 0. The van der Waals surface area contributed by atoms with E-state index in [0.717, 1.165) is 6.07 Å². The number of carbonyl (C=O) groups excluding carboxylic acids is 1. The molecule has 0 aliphatic rings. The number of likely N-dealkylation sites (N-methyl/N-ethyl adjacent to an activating group) is 1. The Morgan fingerprint density at radius 1 is 1.13 bits per heavy atom. The smallest absolute Gasteiger partial charge is 0.261 e. The molecule has 0 aliphatic carbocycles. The summed E-state index contributed by atoms with van der Waals surface area (Å²) in [7, 11) is -2.43. The normalized spacial score (nSPS) is 10.9. The van der Waals surface area contributed by atoms with Crippen LogP contribution in [0.2, 0.25) is 0 Å². The molecule has 23 heavy (non-hydrogen) atoms. The minimum absolute atomic E-state index is 0.0481. The van der Waals surface area contributed by atoms with Crippen molar-refractivity contribution in [1.82, 2.24) is 5.32 Å². The van der Waals surface area contributed by atoms with Crippen LogP contribution in [0.1, 0.15) is 0 Å². The van der Waals surface area contributed by atoms with Gasteiger partial charge in [-0.05, 0) is 36.4 Å². The van der Waals surface area contributed by atoms with Crippen LogP contribution in [0.15, 0.2) is 53.4 Å². The maximum atomic E-state index is 13.5. The molecular weight excluding hydrogens is 323 g/mol. The van der Waals surface area contributed by atoms with Gasteiger partial charge in [-0.3, -0.25) is 9.52 Å². The number of halogens is 1. The fraction of sp³-hybridized carbons (Fsp3) is 0.133. The van der Waals surface area contributed by atoms with E-state index in [9.17, 15) is 17.6 Å². The Labute approximate surface area is 133 Å². The predicted octanol–water partition coefficient (Wildman–Crippen LogP) is 1.75. The molecule has 0 saturated heterocycles. The second-order valence-corrected chi connectivity index (χ2v) is 6.20. The molecule has 0 aliphatic heterocycles. The minimum atomic E-state index is -3.91. The van der Waals surface area contributed by atoms with Crippen molar-refractivity contribution in [1.29, 1.82) is 0 Å². The van der Waals surface area contributed by atoms with Crippen LogP contribution >= 0.6 is 0 Å². The highest BCUT2D eigenvalue weighted by molar-refractivity contribution is 7.92. The number of nitrogens with one attached hydrogen (secondary N) is 2. The molecule has 2 aromatic rings. The summed E-state index contributed by atoms with van der Waals surface area (Å²) in [5.74, 6) is -0.622. The lowest BCUT2D eigenvalue weighted by Crippen LogP contribution is -2.24. The van der Waals surface area contributed by atoms with E-state index in [1.807, 2.05) is 0 Å². The molecule has 0 aromatic heterocycles. The summed E-state index contributed by atoms with van der Waals surface area (Å²) in [5.41, 5.74) is -0.132. The quantitative estimate of drug-likeness (QED) is 0.840. The van der Waals surface area contributed by atoms with Gasteiger partial charge in [0.05, 0.1) is 10.6 Å². The summed E-state index contributed by atoms with van der Waals surface area (Å²) in [5, 5.41) is 2.40. The number of para-hydroxylation sites is 1. The highest BCUT2D eigenvalue weighted by Gasteiger charge is 2.16. The van der Waals surface area contributed by atoms with Gasteiger partial charge in [-0.1, -0.05) is 12.1 Å². The Morgan fingerprint density at radius 2 is 1.78 bits per heavy atom. The molecule has 0 fully saturated rings. The van der Waals surface area contributed by atoms with Crippen molar-refractivity contribution >= 4 is 21.6 Å².